The van der Waals surface area contributed by atoms with E-state index in [0.29, 0.717) is 10.6 Å². The largest absolute Gasteiger partial charge is 0.376 e. The van der Waals surface area contributed by atoms with Gasteiger partial charge < -0.3 is 15.5 Å². The second-order valence-electron chi connectivity index (χ2n) is 6.74. The molecule has 0 unspecified atom stereocenters. The van der Waals surface area contributed by atoms with E-state index in [1.54, 1.807) is 12.1 Å². The first-order valence-electron chi connectivity index (χ1n) is 9.21. The van der Waals surface area contributed by atoms with Crippen molar-refractivity contribution >= 4 is 29.1 Å². The van der Waals surface area contributed by atoms with Crippen LogP contribution in [0.3, 0.4) is 0 Å². The number of nitrogens with one attached hydrogen (secondary N) is 2. The van der Waals surface area contributed by atoms with Crippen molar-refractivity contribution < 1.29 is 9.59 Å². The van der Waals surface area contributed by atoms with Crippen LogP contribution in [0.2, 0.25) is 5.02 Å². The second kappa shape index (κ2) is 8.91. The summed E-state index contributed by atoms with van der Waals surface area (Å²) in [6.45, 7) is 3.72. The van der Waals surface area contributed by atoms with Gasteiger partial charge in [0.05, 0.1) is 12.6 Å². The number of halogens is 1. The highest BCUT2D eigenvalue weighted by Gasteiger charge is 2.19. The Morgan fingerprint density at radius 3 is 2.41 bits per heavy atom. The van der Waals surface area contributed by atoms with Gasteiger partial charge in [0.2, 0.25) is 5.91 Å². The highest BCUT2D eigenvalue weighted by Crippen LogP contribution is 2.22. The topological polar surface area (TPSA) is 61.4 Å². The maximum absolute atomic E-state index is 12.3. The summed E-state index contributed by atoms with van der Waals surface area (Å²) in [5, 5.41) is 6.64. The molecule has 0 bridgehead atoms. The van der Waals surface area contributed by atoms with E-state index in [1.165, 1.54) is 0 Å². The maximum Gasteiger partial charge on any atom is 0.253 e. The molecule has 1 saturated heterocycles. The molecule has 2 N–H and O–H groups in total. The van der Waals surface area contributed by atoms with Crippen LogP contribution in [0.4, 0.5) is 5.69 Å². The Morgan fingerprint density at radius 2 is 1.74 bits per heavy atom. The zero-order valence-corrected chi connectivity index (χ0v) is 16.1. The van der Waals surface area contributed by atoms with Crippen LogP contribution in [0.1, 0.15) is 41.7 Å². The SMILES string of the molecule is C[C@H](NC(=O)CNc1ccc(C(=O)N2CCCC2)cc1)c1ccccc1Cl. The van der Waals surface area contributed by atoms with Crippen molar-refractivity contribution in [2.24, 2.45) is 0 Å². The van der Waals surface area contributed by atoms with E-state index >= 15 is 0 Å². The maximum atomic E-state index is 12.3. The fraction of sp³-hybridized carbons (Fsp3) is 0.333. The van der Waals surface area contributed by atoms with Crippen LogP contribution in [-0.2, 0) is 4.79 Å². The lowest BCUT2D eigenvalue weighted by Gasteiger charge is -2.17. The minimum Gasteiger partial charge on any atom is -0.376 e. The number of anilines is 1. The van der Waals surface area contributed by atoms with Crippen LogP contribution in [0.25, 0.3) is 0 Å². The highest BCUT2D eigenvalue weighted by atomic mass is 35.5. The van der Waals surface area contributed by atoms with Crippen LogP contribution in [0.15, 0.2) is 48.5 Å². The minimum atomic E-state index is -0.173. The lowest BCUT2D eigenvalue weighted by atomic mass is 10.1. The molecular weight excluding hydrogens is 362 g/mol. The number of carbonyl (C=O) groups is 2. The van der Waals surface area contributed by atoms with Crippen molar-refractivity contribution in [1.82, 2.24) is 10.2 Å². The first-order chi connectivity index (χ1) is 13.0. The van der Waals surface area contributed by atoms with Gasteiger partial charge in [-0.2, -0.15) is 0 Å². The Morgan fingerprint density at radius 1 is 1.07 bits per heavy atom. The molecule has 3 rings (SSSR count). The Bertz CT molecular complexity index is 801. The van der Waals surface area contributed by atoms with Gasteiger partial charge in [-0.25, -0.2) is 0 Å². The van der Waals surface area contributed by atoms with E-state index < -0.39 is 0 Å². The monoisotopic (exact) mass is 385 g/mol. The molecule has 5 nitrogen and oxygen atoms in total. The molecule has 0 saturated carbocycles. The number of carbonyl (C=O) groups excluding carboxylic acids is 2. The Kier molecular flexibility index (Phi) is 6.35. The number of hydrogen-bond acceptors (Lipinski definition) is 3. The summed E-state index contributed by atoms with van der Waals surface area (Å²) in [5.41, 5.74) is 2.37. The van der Waals surface area contributed by atoms with Gasteiger partial charge in [0.15, 0.2) is 0 Å². The van der Waals surface area contributed by atoms with Crippen molar-refractivity contribution in [3.05, 3.63) is 64.7 Å². The zero-order chi connectivity index (χ0) is 19.2. The predicted octanol–water partition coefficient (Wildman–Crippen LogP) is 3.87. The first kappa shape index (κ1) is 19.2. The van der Waals surface area contributed by atoms with Crippen molar-refractivity contribution in [1.29, 1.82) is 0 Å². The third kappa shape index (κ3) is 5.01. The van der Waals surface area contributed by atoms with E-state index in [1.807, 2.05) is 48.2 Å². The molecular formula is C21H24ClN3O2. The van der Waals surface area contributed by atoms with Gasteiger partial charge in [0, 0.05) is 29.4 Å². The molecule has 2 amide bonds. The molecule has 2 aromatic rings. The van der Waals surface area contributed by atoms with E-state index in [4.69, 9.17) is 11.6 Å². The standard InChI is InChI=1S/C21H24ClN3O2/c1-15(18-6-2-3-7-19(18)22)24-20(26)14-23-17-10-8-16(9-11-17)21(27)25-12-4-5-13-25/h2-3,6-11,15,23H,4-5,12-14H2,1H3,(H,24,26)/t15-/m0/s1. The molecule has 0 radical (unpaired) electrons. The van der Waals surface area contributed by atoms with Crippen LogP contribution < -0.4 is 10.6 Å². The fourth-order valence-electron chi connectivity index (χ4n) is 3.21. The summed E-state index contributed by atoms with van der Waals surface area (Å²) in [6.07, 6.45) is 2.15. The fourth-order valence-corrected chi connectivity index (χ4v) is 3.51. The van der Waals surface area contributed by atoms with Gasteiger partial charge in [-0.15, -0.1) is 0 Å². The van der Waals surface area contributed by atoms with Crippen LogP contribution >= 0.6 is 11.6 Å². The number of benzene rings is 2. The molecule has 142 valence electrons. The van der Waals surface area contributed by atoms with Crippen molar-refractivity contribution in [2.75, 3.05) is 25.0 Å². The summed E-state index contributed by atoms with van der Waals surface area (Å²) >= 11 is 6.17. The Hall–Kier alpha value is -2.53. The average molecular weight is 386 g/mol. The van der Waals surface area contributed by atoms with Gasteiger partial charge in [0.1, 0.15) is 0 Å². The lowest BCUT2D eigenvalue weighted by molar-refractivity contribution is -0.120. The molecule has 6 heteroatoms. The summed E-state index contributed by atoms with van der Waals surface area (Å²) < 4.78 is 0. The summed E-state index contributed by atoms with van der Waals surface area (Å²) in [5.74, 6) is -0.0509. The van der Waals surface area contributed by atoms with E-state index in [2.05, 4.69) is 10.6 Å². The van der Waals surface area contributed by atoms with E-state index in [-0.39, 0.29) is 24.4 Å². The third-order valence-corrected chi connectivity index (χ3v) is 5.07. The molecule has 0 aliphatic carbocycles. The highest BCUT2D eigenvalue weighted by molar-refractivity contribution is 6.31. The van der Waals surface area contributed by atoms with Crippen LogP contribution in [0, 0.1) is 0 Å². The van der Waals surface area contributed by atoms with Gasteiger partial charge in [-0.05, 0) is 55.7 Å². The van der Waals surface area contributed by atoms with Gasteiger partial charge in [-0.3, -0.25) is 9.59 Å². The van der Waals surface area contributed by atoms with E-state index in [9.17, 15) is 9.59 Å². The molecule has 1 aliphatic rings. The molecule has 0 aromatic heterocycles. The summed E-state index contributed by atoms with van der Waals surface area (Å²) in [4.78, 5) is 26.4. The number of rotatable bonds is 6. The predicted molar refractivity (Wildman–Crippen MR) is 108 cm³/mol. The molecule has 2 aromatic carbocycles. The van der Waals surface area contributed by atoms with Crippen molar-refractivity contribution in [2.45, 2.75) is 25.8 Å². The molecule has 27 heavy (non-hydrogen) atoms. The number of hydrogen-bond donors (Lipinski definition) is 2. The molecule has 1 heterocycles. The summed E-state index contributed by atoms with van der Waals surface area (Å²) in [7, 11) is 0. The van der Waals surface area contributed by atoms with Crippen molar-refractivity contribution in [3.8, 4) is 0 Å². The van der Waals surface area contributed by atoms with Gasteiger partial charge in [-0.1, -0.05) is 29.8 Å². The molecule has 1 fully saturated rings. The molecule has 0 spiro atoms. The smallest absolute Gasteiger partial charge is 0.253 e. The average Bonchev–Trinajstić information content (AvgIpc) is 3.21. The number of likely N-dealkylation sites (tertiary alicyclic amines) is 1. The Balaban J connectivity index is 1.50. The van der Waals surface area contributed by atoms with Crippen LogP contribution in [0.5, 0.6) is 0 Å². The number of amides is 2. The number of nitrogens with zero attached hydrogens (tertiary/aromatic N) is 1. The summed E-state index contributed by atoms with van der Waals surface area (Å²) in [6, 6.07) is 14.5. The second-order valence-corrected chi connectivity index (χ2v) is 7.15. The Labute approximate surface area is 164 Å². The normalized spacial score (nSPS) is 14.7. The van der Waals surface area contributed by atoms with Gasteiger partial charge >= 0.3 is 0 Å². The van der Waals surface area contributed by atoms with Crippen molar-refractivity contribution in [3.63, 3.8) is 0 Å². The first-order valence-corrected chi connectivity index (χ1v) is 9.59. The van der Waals surface area contributed by atoms with Gasteiger partial charge in [0.25, 0.3) is 5.91 Å². The minimum absolute atomic E-state index is 0.0744. The lowest BCUT2D eigenvalue weighted by Crippen LogP contribution is -2.32. The zero-order valence-electron chi connectivity index (χ0n) is 15.4. The molecule has 1 atom stereocenters. The quantitative estimate of drug-likeness (QED) is 0.793. The van der Waals surface area contributed by atoms with Crippen LogP contribution in [-0.4, -0.2) is 36.3 Å². The van der Waals surface area contributed by atoms with E-state index in [0.717, 1.165) is 37.2 Å². The third-order valence-electron chi connectivity index (χ3n) is 4.73. The molecule has 1 aliphatic heterocycles.